The number of aliphatic carboxylic acids is 1. The van der Waals surface area contributed by atoms with Gasteiger partial charge < -0.3 is 10.4 Å². The molecule has 0 amide bonds. The highest BCUT2D eigenvalue weighted by atomic mass is 19.1. The molecule has 1 aliphatic heterocycles. The van der Waals surface area contributed by atoms with Crippen molar-refractivity contribution in [2.75, 3.05) is 5.32 Å². The largest absolute Gasteiger partial charge is 0.478 e. The fourth-order valence-corrected chi connectivity index (χ4v) is 1.46. The van der Waals surface area contributed by atoms with E-state index in [-0.39, 0.29) is 5.57 Å². The first-order valence-corrected chi connectivity index (χ1v) is 4.29. The van der Waals surface area contributed by atoms with E-state index < -0.39 is 11.8 Å². The Hall–Kier alpha value is -2.10. The number of carboxylic acids is 1. The summed E-state index contributed by atoms with van der Waals surface area (Å²) in [7, 11) is 0. The van der Waals surface area contributed by atoms with Crippen LogP contribution in [0.15, 0.2) is 36.6 Å². The highest BCUT2D eigenvalue weighted by Crippen LogP contribution is 2.32. The molecule has 0 radical (unpaired) electrons. The Bertz CT molecular complexity index is 491. The summed E-state index contributed by atoms with van der Waals surface area (Å²) in [6.45, 7) is 3.64. The van der Waals surface area contributed by atoms with Gasteiger partial charge in [0.1, 0.15) is 5.82 Å². The smallest absolute Gasteiger partial charge is 0.337 e. The van der Waals surface area contributed by atoms with Crippen molar-refractivity contribution in [3.05, 3.63) is 47.9 Å². The summed E-state index contributed by atoms with van der Waals surface area (Å²) in [5, 5.41) is 11.6. The molecule has 0 saturated carbocycles. The number of hydrogen-bond donors (Lipinski definition) is 2. The lowest BCUT2D eigenvalue weighted by molar-refractivity contribution is -0.132. The summed E-state index contributed by atoms with van der Waals surface area (Å²) in [5.74, 6) is -1.49. The van der Waals surface area contributed by atoms with Gasteiger partial charge in [0, 0.05) is 17.5 Å². The van der Waals surface area contributed by atoms with Crippen LogP contribution in [0, 0.1) is 5.82 Å². The Labute approximate surface area is 85.5 Å². The normalized spacial score (nSPS) is 13.9. The predicted molar refractivity (Wildman–Crippen MR) is 54.8 cm³/mol. The average Bonchev–Trinajstić information content (AvgIpc) is 2.19. The SMILES string of the molecule is C=C1C(C(=O)O)=CNc2ccc(F)cc21. The molecule has 0 atom stereocenters. The van der Waals surface area contributed by atoms with Crippen LogP contribution >= 0.6 is 0 Å². The van der Waals surface area contributed by atoms with E-state index in [1.165, 1.54) is 18.3 Å². The zero-order valence-electron chi connectivity index (χ0n) is 7.75. The molecule has 0 saturated heterocycles. The third-order valence-electron chi connectivity index (χ3n) is 2.23. The number of fused-ring (bicyclic) bond motifs is 1. The van der Waals surface area contributed by atoms with Gasteiger partial charge in [-0.1, -0.05) is 6.58 Å². The van der Waals surface area contributed by atoms with E-state index in [1.54, 1.807) is 6.07 Å². The van der Waals surface area contributed by atoms with Gasteiger partial charge in [-0.2, -0.15) is 0 Å². The topological polar surface area (TPSA) is 49.3 Å². The zero-order valence-corrected chi connectivity index (χ0v) is 7.75. The minimum atomic E-state index is -1.08. The van der Waals surface area contributed by atoms with Crippen LogP contribution in [0.4, 0.5) is 10.1 Å². The molecule has 1 aromatic rings. The van der Waals surface area contributed by atoms with Crippen molar-refractivity contribution in [3.8, 4) is 0 Å². The maximum Gasteiger partial charge on any atom is 0.337 e. The molecule has 0 bridgehead atoms. The van der Waals surface area contributed by atoms with Gasteiger partial charge >= 0.3 is 5.97 Å². The van der Waals surface area contributed by atoms with E-state index in [2.05, 4.69) is 11.9 Å². The quantitative estimate of drug-likeness (QED) is 0.739. The van der Waals surface area contributed by atoms with Gasteiger partial charge in [-0.25, -0.2) is 9.18 Å². The Balaban J connectivity index is 2.52. The number of hydrogen-bond acceptors (Lipinski definition) is 2. The van der Waals surface area contributed by atoms with Crippen molar-refractivity contribution in [2.45, 2.75) is 0 Å². The number of nitrogens with one attached hydrogen (secondary N) is 1. The van der Waals surface area contributed by atoms with Gasteiger partial charge in [0.25, 0.3) is 0 Å². The fraction of sp³-hybridized carbons (Fsp3) is 0. The van der Waals surface area contributed by atoms with Crippen LogP contribution in [-0.4, -0.2) is 11.1 Å². The Morgan fingerprint density at radius 2 is 2.20 bits per heavy atom. The summed E-state index contributed by atoms with van der Waals surface area (Å²) in [6, 6.07) is 4.12. The molecule has 0 fully saturated rings. The zero-order chi connectivity index (χ0) is 11.0. The molecule has 0 unspecified atom stereocenters. The number of rotatable bonds is 1. The summed E-state index contributed by atoms with van der Waals surface area (Å²) in [5.41, 5.74) is 1.50. The molecule has 0 spiro atoms. The minimum absolute atomic E-state index is 0.0492. The second kappa shape index (κ2) is 3.24. The molecule has 4 heteroatoms. The molecule has 1 heterocycles. The molecular formula is C11H8FNO2. The molecule has 15 heavy (non-hydrogen) atoms. The second-order valence-electron chi connectivity index (χ2n) is 3.18. The maximum atomic E-state index is 13.0. The first-order valence-electron chi connectivity index (χ1n) is 4.29. The lowest BCUT2D eigenvalue weighted by atomic mass is 9.96. The van der Waals surface area contributed by atoms with Crippen LogP contribution in [0.5, 0.6) is 0 Å². The molecule has 1 aromatic carbocycles. The van der Waals surface area contributed by atoms with Gasteiger partial charge in [-0.3, -0.25) is 0 Å². The molecule has 2 N–H and O–H groups in total. The van der Waals surface area contributed by atoms with E-state index in [4.69, 9.17) is 5.11 Å². The van der Waals surface area contributed by atoms with Crippen molar-refractivity contribution in [1.82, 2.24) is 0 Å². The summed E-state index contributed by atoms with van der Waals surface area (Å²) in [4.78, 5) is 10.8. The van der Waals surface area contributed by atoms with E-state index in [0.717, 1.165) is 0 Å². The van der Waals surface area contributed by atoms with Crippen LogP contribution in [0.1, 0.15) is 5.56 Å². The lowest BCUT2D eigenvalue weighted by Crippen LogP contribution is -2.11. The number of halogens is 1. The highest BCUT2D eigenvalue weighted by molar-refractivity contribution is 6.08. The lowest BCUT2D eigenvalue weighted by Gasteiger charge is -2.18. The molecule has 76 valence electrons. The van der Waals surface area contributed by atoms with E-state index in [9.17, 15) is 9.18 Å². The predicted octanol–water partition coefficient (Wildman–Crippen LogP) is 2.23. The van der Waals surface area contributed by atoms with E-state index in [0.29, 0.717) is 16.8 Å². The Morgan fingerprint density at radius 3 is 2.87 bits per heavy atom. The second-order valence-corrected chi connectivity index (χ2v) is 3.18. The number of anilines is 1. The first-order chi connectivity index (χ1) is 7.09. The molecule has 0 aromatic heterocycles. The van der Waals surface area contributed by atoms with Crippen molar-refractivity contribution < 1.29 is 14.3 Å². The Morgan fingerprint density at radius 1 is 1.47 bits per heavy atom. The van der Waals surface area contributed by atoms with Gasteiger partial charge in [-0.05, 0) is 23.8 Å². The third kappa shape index (κ3) is 1.50. The minimum Gasteiger partial charge on any atom is -0.478 e. The van der Waals surface area contributed by atoms with E-state index in [1.807, 2.05) is 0 Å². The summed E-state index contributed by atoms with van der Waals surface area (Å²) in [6.07, 6.45) is 1.35. The van der Waals surface area contributed by atoms with Gasteiger partial charge in [0.15, 0.2) is 0 Å². The number of carboxylic acid groups (broad SMARTS) is 1. The molecule has 3 nitrogen and oxygen atoms in total. The third-order valence-corrected chi connectivity index (χ3v) is 2.23. The fourth-order valence-electron chi connectivity index (χ4n) is 1.46. The molecular weight excluding hydrogens is 197 g/mol. The van der Waals surface area contributed by atoms with Gasteiger partial charge in [0.05, 0.1) is 5.57 Å². The van der Waals surface area contributed by atoms with Crippen molar-refractivity contribution in [2.24, 2.45) is 0 Å². The molecule has 2 rings (SSSR count). The first kappa shape index (κ1) is 9.45. The van der Waals surface area contributed by atoms with E-state index >= 15 is 0 Å². The van der Waals surface area contributed by atoms with Crippen LogP contribution < -0.4 is 5.32 Å². The summed E-state index contributed by atoms with van der Waals surface area (Å²) < 4.78 is 13.0. The highest BCUT2D eigenvalue weighted by Gasteiger charge is 2.20. The Kier molecular flexibility index (Phi) is 2.04. The van der Waals surface area contributed by atoms with Crippen molar-refractivity contribution in [1.29, 1.82) is 0 Å². The van der Waals surface area contributed by atoms with Crippen molar-refractivity contribution >= 4 is 17.2 Å². The van der Waals surface area contributed by atoms with Crippen LogP contribution in [0.2, 0.25) is 0 Å². The number of carbonyl (C=O) groups is 1. The summed E-state index contributed by atoms with van der Waals surface area (Å²) >= 11 is 0. The maximum absolute atomic E-state index is 13.0. The monoisotopic (exact) mass is 205 g/mol. The molecule has 1 aliphatic rings. The van der Waals surface area contributed by atoms with Crippen LogP contribution in [0.25, 0.3) is 5.57 Å². The van der Waals surface area contributed by atoms with Crippen LogP contribution in [-0.2, 0) is 4.79 Å². The van der Waals surface area contributed by atoms with Crippen molar-refractivity contribution in [3.63, 3.8) is 0 Å². The number of benzene rings is 1. The standard InChI is InChI=1S/C11H8FNO2/c1-6-8-4-7(12)2-3-10(8)13-5-9(6)11(14)15/h2-5,13H,1H2,(H,14,15). The molecule has 0 aliphatic carbocycles. The van der Waals surface area contributed by atoms with Gasteiger partial charge in [0.2, 0.25) is 0 Å². The van der Waals surface area contributed by atoms with Gasteiger partial charge in [-0.15, -0.1) is 0 Å². The van der Waals surface area contributed by atoms with Crippen LogP contribution in [0.3, 0.4) is 0 Å². The average molecular weight is 205 g/mol.